The van der Waals surface area contributed by atoms with E-state index in [0.29, 0.717) is 0 Å². The van der Waals surface area contributed by atoms with E-state index in [4.69, 9.17) is 5.73 Å². The number of carbonyl (C=O) groups excluding carboxylic acids is 1. The Morgan fingerprint density at radius 1 is 1.25 bits per heavy atom. The molecule has 0 rings (SSSR count). The summed E-state index contributed by atoms with van der Waals surface area (Å²) in [5.41, 5.74) is 5.10. The van der Waals surface area contributed by atoms with E-state index in [-0.39, 0.29) is 18.9 Å². The van der Waals surface area contributed by atoms with E-state index in [0.717, 1.165) is 6.26 Å². The number of amides is 1. The lowest BCUT2D eigenvalue weighted by molar-refractivity contribution is -0.122. The first-order chi connectivity index (χ1) is 6.85. The van der Waals surface area contributed by atoms with E-state index in [2.05, 4.69) is 5.32 Å². The Kier molecular flexibility index (Phi) is 4.53. The van der Waals surface area contributed by atoms with Gasteiger partial charge in [-0.15, -0.1) is 0 Å². The fraction of sp³-hybridized carbons (Fsp3) is 0.900. The van der Waals surface area contributed by atoms with Crippen molar-refractivity contribution in [2.45, 2.75) is 44.4 Å². The number of sulfone groups is 1. The Bertz CT molecular complexity index is 353. The molecule has 0 aromatic rings. The molecule has 3 N–H and O–H groups in total. The topological polar surface area (TPSA) is 89.3 Å². The van der Waals surface area contributed by atoms with Crippen LogP contribution in [0.2, 0.25) is 0 Å². The van der Waals surface area contributed by atoms with Gasteiger partial charge in [0.05, 0.1) is 4.75 Å². The fourth-order valence-electron chi connectivity index (χ4n) is 0.919. The highest BCUT2D eigenvalue weighted by atomic mass is 32.2. The molecule has 0 unspecified atom stereocenters. The SMILES string of the molecule is CC(C)(N)CC(=O)NCC(C)(C)S(C)(=O)=O. The van der Waals surface area contributed by atoms with E-state index >= 15 is 0 Å². The molecule has 1 amide bonds. The highest BCUT2D eigenvalue weighted by Gasteiger charge is 2.30. The van der Waals surface area contributed by atoms with Crippen LogP contribution in [-0.4, -0.2) is 37.4 Å². The van der Waals surface area contributed by atoms with Gasteiger partial charge in [-0.3, -0.25) is 4.79 Å². The van der Waals surface area contributed by atoms with E-state index in [1.54, 1.807) is 27.7 Å². The minimum Gasteiger partial charge on any atom is -0.354 e. The summed E-state index contributed by atoms with van der Waals surface area (Å²) in [6.07, 6.45) is 1.33. The smallest absolute Gasteiger partial charge is 0.221 e. The van der Waals surface area contributed by atoms with Crippen LogP contribution in [0.4, 0.5) is 0 Å². The summed E-state index contributed by atoms with van der Waals surface area (Å²) in [5, 5.41) is 2.59. The Morgan fingerprint density at radius 3 is 2.00 bits per heavy atom. The molecule has 0 aliphatic carbocycles. The van der Waals surface area contributed by atoms with Gasteiger partial charge in [0.2, 0.25) is 5.91 Å². The lowest BCUT2D eigenvalue weighted by atomic mass is 10.0. The van der Waals surface area contributed by atoms with E-state index in [1.165, 1.54) is 0 Å². The zero-order valence-electron chi connectivity index (χ0n) is 10.6. The second-order valence-corrected chi connectivity index (χ2v) is 8.12. The van der Waals surface area contributed by atoms with Crippen molar-refractivity contribution in [1.82, 2.24) is 5.32 Å². The summed E-state index contributed by atoms with van der Waals surface area (Å²) in [7, 11) is -3.19. The lowest BCUT2D eigenvalue weighted by Crippen LogP contribution is -2.46. The molecular formula is C10H22N2O3S. The third-order valence-electron chi connectivity index (χ3n) is 2.33. The van der Waals surface area contributed by atoms with Crippen LogP contribution in [0.25, 0.3) is 0 Å². The molecule has 16 heavy (non-hydrogen) atoms. The number of hydrogen-bond donors (Lipinski definition) is 2. The average molecular weight is 250 g/mol. The standard InChI is InChI=1S/C10H22N2O3S/c1-9(2,11)6-8(13)12-7-10(3,4)16(5,14)15/h6-7,11H2,1-5H3,(H,12,13). The summed E-state index contributed by atoms with van der Waals surface area (Å²) in [4.78, 5) is 11.4. The minimum atomic E-state index is -3.19. The van der Waals surface area contributed by atoms with Crippen LogP contribution in [0.5, 0.6) is 0 Å². The maximum atomic E-state index is 11.4. The molecule has 0 aromatic heterocycles. The molecule has 0 aromatic carbocycles. The summed E-state index contributed by atoms with van der Waals surface area (Å²) >= 11 is 0. The molecule has 5 nitrogen and oxygen atoms in total. The molecular weight excluding hydrogens is 228 g/mol. The van der Waals surface area contributed by atoms with Gasteiger partial charge in [0, 0.05) is 24.8 Å². The predicted molar refractivity (Wildman–Crippen MR) is 64.8 cm³/mol. The van der Waals surface area contributed by atoms with Crippen LogP contribution in [0.15, 0.2) is 0 Å². The van der Waals surface area contributed by atoms with Gasteiger partial charge in [0.1, 0.15) is 0 Å². The van der Waals surface area contributed by atoms with E-state index < -0.39 is 20.1 Å². The zero-order valence-corrected chi connectivity index (χ0v) is 11.4. The van der Waals surface area contributed by atoms with Crippen molar-refractivity contribution < 1.29 is 13.2 Å². The summed E-state index contributed by atoms with van der Waals surface area (Å²) < 4.78 is 21.8. The first kappa shape index (κ1) is 15.4. The summed E-state index contributed by atoms with van der Waals surface area (Å²) in [5.74, 6) is -0.232. The van der Waals surface area contributed by atoms with Gasteiger partial charge < -0.3 is 11.1 Å². The van der Waals surface area contributed by atoms with Gasteiger partial charge in [-0.25, -0.2) is 8.42 Å². The molecule has 0 atom stereocenters. The number of nitrogens with one attached hydrogen (secondary N) is 1. The van der Waals surface area contributed by atoms with Gasteiger partial charge in [-0.1, -0.05) is 0 Å². The van der Waals surface area contributed by atoms with Crippen molar-refractivity contribution in [2.75, 3.05) is 12.8 Å². The predicted octanol–water partition coefficient (Wildman–Crippen LogP) is 0.0532. The number of hydrogen-bond acceptors (Lipinski definition) is 4. The molecule has 0 spiro atoms. The molecule has 6 heteroatoms. The van der Waals surface area contributed by atoms with E-state index in [1.807, 2.05) is 0 Å². The molecule has 0 fully saturated rings. The third kappa shape index (κ3) is 5.46. The molecule has 0 bridgehead atoms. The number of nitrogens with two attached hydrogens (primary N) is 1. The summed E-state index contributed by atoms with van der Waals surface area (Å²) in [6, 6.07) is 0. The monoisotopic (exact) mass is 250 g/mol. The minimum absolute atomic E-state index is 0.0980. The highest BCUT2D eigenvalue weighted by molar-refractivity contribution is 7.92. The van der Waals surface area contributed by atoms with Crippen LogP contribution in [-0.2, 0) is 14.6 Å². The van der Waals surface area contributed by atoms with Crippen molar-refractivity contribution >= 4 is 15.7 Å². The van der Waals surface area contributed by atoms with Crippen molar-refractivity contribution in [2.24, 2.45) is 5.73 Å². The summed E-state index contributed by atoms with van der Waals surface area (Å²) in [6.45, 7) is 6.75. The van der Waals surface area contributed by atoms with Crippen molar-refractivity contribution in [3.63, 3.8) is 0 Å². The quantitative estimate of drug-likeness (QED) is 0.721. The van der Waals surface area contributed by atoms with E-state index in [9.17, 15) is 13.2 Å². The van der Waals surface area contributed by atoms with Crippen LogP contribution >= 0.6 is 0 Å². The molecule has 96 valence electrons. The van der Waals surface area contributed by atoms with Crippen LogP contribution in [0.1, 0.15) is 34.1 Å². The molecule has 0 saturated carbocycles. The molecule has 0 aliphatic heterocycles. The van der Waals surface area contributed by atoms with Crippen LogP contribution < -0.4 is 11.1 Å². The van der Waals surface area contributed by atoms with Gasteiger partial charge in [-0.05, 0) is 27.7 Å². The number of carbonyl (C=O) groups is 1. The zero-order chi connectivity index (χ0) is 13.2. The van der Waals surface area contributed by atoms with Gasteiger partial charge >= 0.3 is 0 Å². The lowest BCUT2D eigenvalue weighted by Gasteiger charge is -2.24. The normalized spacial score (nSPS) is 13.6. The maximum absolute atomic E-state index is 11.4. The second kappa shape index (κ2) is 4.71. The highest BCUT2D eigenvalue weighted by Crippen LogP contribution is 2.13. The Labute approximate surface area is 97.7 Å². The largest absolute Gasteiger partial charge is 0.354 e. The fourth-order valence-corrected chi connectivity index (χ4v) is 1.25. The first-order valence-electron chi connectivity index (χ1n) is 5.10. The van der Waals surface area contributed by atoms with Crippen molar-refractivity contribution in [3.05, 3.63) is 0 Å². The van der Waals surface area contributed by atoms with Gasteiger partial charge in [0.15, 0.2) is 9.84 Å². The van der Waals surface area contributed by atoms with Gasteiger partial charge in [-0.2, -0.15) is 0 Å². The molecule has 0 saturated heterocycles. The molecule has 0 aliphatic rings. The average Bonchev–Trinajstić information content (AvgIpc) is 1.95. The first-order valence-corrected chi connectivity index (χ1v) is 6.99. The van der Waals surface area contributed by atoms with Gasteiger partial charge in [0.25, 0.3) is 0 Å². The van der Waals surface area contributed by atoms with Crippen molar-refractivity contribution in [1.29, 1.82) is 0 Å². The Hall–Kier alpha value is -0.620. The number of rotatable bonds is 5. The van der Waals surface area contributed by atoms with Crippen molar-refractivity contribution in [3.8, 4) is 0 Å². The third-order valence-corrected chi connectivity index (χ3v) is 4.48. The Balaban J connectivity index is 4.33. The maximum Gasteiger partial charge on any atom is 0.221 e. The second-order valence-electron chi connectivity index (χ2n) is 5.47. The van der Waals surface area contributed by atoms with Crippen LogP contribution in [0, 0.1) is 0 Å². The van der Waals surface area contributed by atoms with Crippen LogP contribution in [0.3, 0.4) is 0 Å². The molecule has 0 radical (unpaired) electrons. The molecule has 0 heterocycles. The Morgan fingerprint density at radius 2 is 1.69 bits per heavy atom.